The molecule has 0 amide bonds. The fraction of sp³-hybridized carbons (Fsp3) is 0.520. The second-order valence-corrected chi connectivity index (χ2v) is 9.55. The summed E-state index contributed by atoms with van der Waals surface area (Å²) >= 11 is 0. The van der Waals surface area contributed by atoms with Gasteiger partial charge in [-0.1, -0.05) is 6.07 Å². The number of nitrogens with one attached hydrogen (secondary N) is 2. The summed E-state index contributed by atoms with van der Waals surface area (Å²) in [6.45, 7) is 8.36. The van der Waals surface area contributed by atoms with Crippen LogP contribution in [0.5, 0.6) is 0 Å². The van der Waals surface area contributed by atoms with E-state index in [-0.39, 0.29) is 6.61 Å². The Balaban J connectivity index is 1.25. The molecule has 10 heteroatoms. The van der Waals surface area contributed by atoms with E-state index in [9.17, 15) is 5.11 Å². The van der Waals surface area contributed by atoms with E-state index in [0.29, 0.717) is 29.2 Å². The number of aliphatic hydroxyl groups is 2. The highest BCUT2D eigenvalue weighted by molar-refractivity contribution is 5.89. The minimum Gasteiger partial charge on any atom is -0.395 e. The van der Waals surface area contributed by atoms with Gasteiger partial charge >= 0.3 is 0 Å². The fourth-order valence-electron chi connectivity index (χ4n) is 4.30. The van der Waals surface area contributed by atoms with Crippen LogP contribution in [-0.4, -0.2) is 85.8 Å². The van der Waals surface area contributed by atoms with Crippen molar-refractivity contribution < 1.29 is 10.2 Å². The highest BCUT2D eigenvalue weighted by Crippen LogP contribution is 2.30. The molecule has 10 nitrogen and oxygen atoms in total. The molecule has 0 aromatic carbocycles. The number of anilines is 3. The zero-order valence-electron chi connectivity index (χ0n) is 20.2. The molecule has 1 aliphatic heterocycles. The Bertz CT molecular complexity index is 1130. The first-order chi connectivity index (χ1) is 17.1. The predicted octanol–water partition coefficient (Wildman–Crippen LogP) is 2.15. The van der Waals surface area contributed by atoms with E-state index in [1.165, 1.54) is 12.8 Å². The second kappa shape index (κ2) is 10.8. The van der Waals surface area contributed by atoms with E-state index >= 15 is 0 Å². The molecular formula is C25H34N8O2. The largest absolute Gasteiger partial charge is 0.395 e. The number of piperazine rings is 1. The van der Waals surface area contributed by atoms with Crippen LogP contribution < -0.4 is 10.6 Å². The lowest BCUT2D eigenvalue weighted by molar-refractivity contribution is 0.108. The topological polar surface area (TPSA) is 123 Å². The molecule has 3 aromatic heterocycles. The van der Waals surface area contributed by atoms with Crippen LogP contribution in [0.15, 0.2) is 30.6 Å². The van der Waals surface area contributed by atoms with E-state index < -0.39 is 6.10 Å². The average Bonchev–Trinajstić information content (AvgIpc) is 3.70. The van der Waals surface area contributed by atoms with Crippen LogP contribution in [0.2, 0.25) is 0 Å². The van der Waals surface area contributed by atoms with Crippen molar-refractivity contribution in [3.63, 3.8) is 0 Å². The standard InChI is InChI=1S/C25H34N8O2/c1-17(35)21-12-20-15-28-25(31-23(20)24(29-21)27-13-18-2-3-18)30-22-5-4-19(14-26-22)16-33-8-6-32(7-9-33)10-11-34/h4-5,12,14-15,17-18,34-35H,2-3,6-11,13,16H2,1H3,(H,27,29)(H,26,28,30,31)/t17-/m1/s1. The van der Waals surface area contributed by atoms with Crippen molar-refractivity contribution in [3.8, 4) is 0 Å². The third-order valence-corrected chi connectivity index (χ3v) is 6.62. The van der Waals surface area contributed by atoms with Gasteiger partial charge in [-0.3, -0.25) is 9.80 Å². The summed E-state index contributed by atoms with van der Waals surface area (Å²) in [5, 5.41) is 26.6. The molecule has 35 heavy (non-hydrogen) atoms. The van der Waals surface area contributed by atoms with Gasteiger partial charge in [0.2, 0.25) is 5.95 Å². The normalized spacial score (nSPS) is 18.0. The molecule has 1 saturated heterocycles. The minimum absolute atomic E-state index is 0.219. The summed E-state index contributed by atoms with van der Waals surface area (Å²) in [6, 6.07) is 5.87. The van der Waals surface area contributed by atoms with Crippen LogP contribution in [0.4, 0.5) is 17.6 Å². The maximum atomic E-state index is 10.0. The van der Waals surface area contributed by atoms with Gasteiger partial charge in [0.1, 0.15) is 11.3 Å². The highest BCUT2D eigenvalue weighted by Gasteiger charge is 2.22. The maximum absolute atomic E-state index is 10.0. The van der Waals surface area contributed by atoms with Gasteiger partial charge in [0.25, 0.3) is 0 Å². The van der Waals surface area contributed by atoms with Crippen molar-refractivity contribution >= 4 is 28.5 Å². The van der Waals surface area contributed by atoms with Gasteiger partial charge in [-0.25, -0.2) is 19.9 Å². The SMILES string of the molecule is C[C@@H](O)c1cc2cnc(Nc3ccc(CN4CCN(CCO)CC4)cn3)nc2c(NCC2CC2)n1. The Morgan fingerprint density at radius 3 is 2.54 bits per heavy atom. The van der Waals surface area contributed by atoms with Gasteiger partial charge in [0, 0.05) is 63.6 Å². The first-order valence-electron chi connectivity index (χ1n) is 12.4. The number of aliphatic hydroxyl groups excluding tert-OH is 2. The van der Waals surface area contributed by atoms with Gasteiger partial charge in [-0.15, -0.1) is 0 Å². The lowest BCUT2D eigenvalue weighted by Crippen LogP contribution is -2.46. The van der Waals surface area contributed by atoms with Crippen LogP contribution in [0.1, 0.15) is 37.1 Å². The number of pyridine rings is 2. The summed E-state index contributed by atoms with van der Waals surface area (Å²) in [5.74, 6) is 2.51. The lowest BCUT2D eigenvalue weighted by atomic mass is 10.2. The summed E-state index contributed by atoms with van der Waals surface area (Å²) in [7, 11) is 0. The predicted molar refractivity (Wildman–Crippen MR) is 136 cm³/mol. The quantitative estimate of drug-likeness (QED) is 0.345. The number of rotatable bonds is 10. The third-order valence-electron chi connectivity index (χ3n) is 6.62. The molecule has 0 bridgehead atoms. The Kier molecular flexibility index (Phi) is 7.33. The summed E-state index contributed by atoms with van der Waals surface area (Å²) in [5.41, 5.74) is 2.49. The molecule has 186 valence electrons. The van der Waals surface area contributed by atoms with Gasteiger partial charge < -0.3 is 20.8 Å². The molecule has 1 aliphatic carbocycles. The highest BCUT2D eigenvalue weighted by atomic mass is 16.3. The molecule has 2 aliphatic rings. The van der Waals surface area contributed by atoms with Crippen molar-refractivity contribution in [2.24, 2.45) is 5.92 Å². The molecule has 1 saturated carbocycles. The minimum atomic E-state index is -0.661. The number of fused-ring (bicyclic) bond motifs is 1. The Labute approximate surface area is 205 Å². The summed E-state index contributed by atoms with van der Waals surface area (Å²) < 4.78 is 0. The third kappa shape index (κ3) is 6.21. The van der Waals surface area contributed by atoms with Crippen molar-refractivity contribution in [2.45, 2.75) is 32.4 Å². The van der Waals surface area contributed by atoms with Gasteiger partial charge in [0.05, 0.1) is 18.4 Å². The molecule has 2 fully saturated rings. The zero-order valence-corrected chi connectivity index (χ0v) is 20.2. The van der Waals surface area contributed by atoms with E-state index in [1.807, 2.05) is 18.3 Å². The molecule has 5 rings (SSSR count). The van der Waals surface area contributed by atoms with Crippen LogP contribution in [0, 0.1) is 5.92 Å². The fourth-order valence-corrected chi connectivity index (χ4v) is 4.30. The van der Waals surface area contributed by atoms with Gasteiger partial charge in [-0.2, -0.15) is 0 Å². The molecule has 3 aromatic rings. The van der Waals surface area contributed by atoms with Crippen molar-refractivity contribution in [3.05, 3.63) is 41.9 Å². The summed E-state index contributed by atoms with van der Waals surface area (Å²) in [4.78, 5) is 23.1. The molecule has 4 N–H and O–H groups in total. The van der Waals surface area contributed by atoms with Gasteiger partial charge in [0.15, 0.2) is 5.82 Å². The Hall–Kier alpha value is -2.92. The number of aromatic nitrogens is 4. The van der Waals surface area contributed by atoms with E-state index in [1.54, 1.807) is 13.1 Å². The maximum Gasteiger partial charge on any atom is 0.229 e. The number of hydrogen-bond donors (Lipinski definition) is 4. The monoisotopic (exact) mass is 478 g/mol. The number of nitrogens with zero attached hydrogens (tertiary/aromatic N) is 6. The van der Waals surface area contributed by atoms with Crippen molar-refractivity contribution in [2.75, 3.05) is 56.5 Å². The van der Waals surface area contributed by atoms with Crippen LogP contribution in [0.3, 0.4) is 0 Å². The Morgan fingerprint density at radius 2 is 1.86 bits per heavy atom. The van der Waals surface area contributed by atoms with Crippen molar-refractivity contribution in [1.29, 1.82) is 0 Å². The van der Waals surface area contributed by atoms with Crippen molar-refractivity contribution in [1.82, 2.24) is 29.7 Å². The second-order valence-electron chi connectivity index (χ2n) is 9.55. The molecule has 1 atom stereocenters. The summed E-state index contributed by atoms with van der Waals surface area (Å²) in [6.07, 6.45) is 5.47. The van der Waals surface area contributed by atoms with E-state index in [4.69, 9.17) is 10.1 Å². The van der Waals surface area contributed by atoms with Crippen LogP contribution >= 0.6 is 0 Å². The van der Waals surface area contributed by atoms with E-state index in [2.05, 4.69) is 41.5 Å². The smallest absolute Gasteiger partial charge is 0.229 e. The molecule has 4 heterocycles. The van der Waals surface area contributed by atoms with Gasteiger partial charge in [-0.05, 0) is 43.4 Å². The molecule has 0 spiro atoms. The van der Waals surface area contributed by atoms with Crippen LogP contribution in [0.25, 0.3) is 10.9 Å². The lowest BCUT2D eigenvalue weighted by Gasteiger charge is -2.34. The van der Waals surface area contributed by atoms with Crippen LogP contribution in [-0.2, 0) is 6.54 Å². The first-order valence-corrected chi connectivity index (χ1v) is 12.4. The average molecular weight is 479 g/mol. The Morgan fingerprint density at radius 1 is 1.06 bits per heavy atom. The number of hydrogen-bond acceptors (Lipinski definition) is 10. The number of β-amino-alcohol motifs (C(OH)–C–C–N with tert-alkyl or cyclic N) is 1. The molecular weight excluding hydrogens is 444 g/mol. The molecule has 0 radical (unpaired) electrons. The first kappa shape index (κ1) is 23.8. The molecule has 0 unspecified atom stereocenters. The van der Waals surface area contributed by atoms with E-state index in [0.717, 1.165) is 62.3 Å². The zero-order chi connectivity index (χ0) is 24.2.